The number of hydrogen-bond acceptors (Lipinski definition) is 5. The maximum atomic E-state index is 11.2. The van der Waals surface area contributed by atoms with Gasteiger partial charge in [-0.3, -0.25) is 4.21 Å². The van der Waals surface area contributed by atoms with E-state index < -0.39 is 10.8 Å². The van der Waals surface area contributed by atoms with Gasteiger partial charge >= 0.3 is 0 Å². The van der Waals surface area contributed by atoms with Gasteiger partial charge in [0.05, 0.1) is 11.9 Å². The third kappa shape index (κ3) is 2.65. The lowest BCUT2D eigenvalue weighted by molar-refractivity contribution is 0.622. The fraction of sp³-hybridized carbons (Fsp3) is 0.556. The van der Waals surface area contributed by atoms with Gasteiger partial charge in [0.25, 0.3) is 0 Å². The Labute approximate surface area is 91.0 Å². The van der Waals surface area contributed by atoms with Crippen LogP contribution < -0.4 is 11.1 Å². The fourth-order valence-corrected chi connectivity index (χ4v) is 2.89. The first-order chi connectivity index (χ1) is 7.25. The summed E-state index contributed by atoms with van der Waals surface area (Å²) in [5.74, 6) is 2.22. The SMILES string of the molecule is Nc1cncnc1NC1CCS(=O)CC1. The smallest absolute Gasteiger partial charge is 0.152 e. The van der Waals surface area contributed by atoms with E-state index >= 15 is 0 Å². The monoisotopic (exact) mass is 226 g/mol. The van der Waals surface area contributed by atoms with Gasteiger partial charge in [-0.1, -0.05) is 0 Å². The van der Waals surface area contributed by atoms with E-state index in [1.54, 1.807) is 6.20 Å². The van der Waals surface area contributed by atoms with Crippen LogP contribution in [-0.4, -0.2) is 31.7 Å². The highest BCUT2D eigenvalue weighted by molar-refractivity contribution is 7.85. The lowest BCUT2D eigenvalue weighted by Crippen LogP contribution is -2.30. The Hall–Kier alpha value is -1.17. The molecular weight excluding hydrogens is 212 g/mol. The molecule has 0 bridgehead atoms. The van der Waals surface area contributed by atoms with Crippen molar-refractivity contribution in [3.63, 3.8) is 0 Å². The van der Waals surface area contributed by atoms with Gasteiger partial charge in [0.2, 0.25) is 0 Å². The zero-order valence-corrected chi connectivity index (χ0v) is 9.17. The molecule has 3 N–H and O–H groups in total. The quantitative estimate of drug-likeness (QED) is 0.762. The lowest BCUT2D eigenvalue weighted by Gasteiger charge is -2.23. The minimum absolute atomic E-state index is 0.333. The second-order valence-corrected chi connectivity index (χ2v) is 5.29. The number of nitrogens with one attached hydrogen (secondary N) is 1. The van der Waals surface area contributed by atoms with Crippen LogP contribution in [0.3, 0.4) is 0 Å². The number of nitrogens with zero attached hydrogens (tertiary/aromatic N) is 2. The second kappa shape index (κ2) is 4.57. The van der Waals surface area contributed by atoms with Crippen molar-refractivity contribution in [3.8, 4) is 0 Å². The standard InChI is InChI=1S/C9H14N4OS/c10-8-5-11-6-12-9(8)13-7-1-3-15(14)4-2-7/h5-7H,1-4,10H2,(H,11,12,13). The Morgan fingerprint density at radius 1 is 1.47 bits per heavy atom. The Morgan fingerprint density at radius 3 is 2.87 bits per heavy atom. The van der Waals surface area contributed by atoms with Gasteiger partial charge in [-0.05, 0) is 12.8 Å². The molecule has 2 rings (SSSR count). The Bertz CT molecular complexity index is 361. The van der Waals surface area contributed by atoms with E-state index in [0.29, 0.717) is 17.5 Å². The first-order valence-corrected chi connectivity index (χ1v) is 6.41. The van der Waals surface area contributed by atoms with Gasteiger partial charge in [-0.15, -0.1) is 0 Å². The lowest BCUT2D eigenvalue weighted by atomic mass is 10.1. The predicted octanol–water partition coefficient (Wildman–Crippen LogP) is 0.382. The summed E-state index contributed by atoms with van der Waals surface area (Å²) >= 11 is 0. The number of nitrogens with two attached hydrogens (primary N) is 1. The van der Waals surface area contributed by atoms with Crippen molar-refractivity contribution in [1.29, 1.82) is 0 Å². The van der Waals surface area contributed by atoms with E-state index in [9.17, 15) is 4.21 Å². The minimum atomic E-state index is -0.628. The third-order valence-electron chi connectivity index (χ3n) is 2.47. The summed E-state index contributed by atoms with van der Waals surface area (Å²) < 4.78 is 11.2. The van der Waals surface area contributed by atoms with Crippen molar-refractivity contribution in [1.82, 2.24) is 9.97 Å². The van der Waals surface area contributed by atoms with Crippen molar-refractivity contribution in [2.24, 2.45) is 0 Å². The minimum Gasteiger partial charge on any atom is -0.394 e. The summed E-state index contributed by atoms with van der Waals surface area (Å²) in [5, 5.41) is 3.26. The third-order valence-corrected chi connectivity index (χ3v) is 3.85. The number of rotatable bonds is 2. The van der Waals surface area contributed by atoms with Crippen LogP contribution in [0.4, 0.5) is 11.5 Å². The van der Waals surface area contributed by atoms with Crippen LogP contribution in [0.5, 0.6) is 0 Å². The van der Waals surface area contributed by atoms with Gasteiger partial charge in [-0.2, -0.15) is 0 Å². The zero-order valence-electron chi connectivity index (χ0n) is 8.35. The fourth-order valence-electron chi connectivity index (χ4n) is 1.59. The molecule has 0 amide bonds. The van der Waals surface area contributed by atoms with Crippen LogP contribution in [0.15, 0.2) is 12.5 Å². The highest BCUT2D eigenvalue weighted by Gasteiger charge is 2.18. The van der Waals surface area contributed by atoms with Gasteiger partial charge < -0.3 is 11.1 Å². The van der Waals surface area contributed by atoms with Crippen molar-refractivity contribution < 1.29 is 4.21 Å². The summed E-state index contributed by atoms with van der Waals surface area (Å²) in [6.07, 6.45) is 4.88. The molecule has 1 aliphatic heterocycles. The molecular formula is C9H14N4OS. The molecule has 0 saturated carbocycles. The number of nitrogen functional groups attached to an aromatic ring is 1. The van der Waals surface area contributed by atoms with Gasteiger partial charge in [0, 0.05) is 28.3 Å². The molecule has 1 aliphatic rings. The maximum absolute atomic E-state index is 11.2. The predicted molar refractivity (Wildman–Crippen MR) is 61.0 cm³/mol. The van der Waals surface area contributed by atoms with E-state index in [0.717, 1.165) is 24.3 Å². The van der Waals surface area contributed by atoms with E-state index in [1.807, 2.05) is 0 Å². The molecule has 0 atom stereocenters. The molecule has 6 heteroatoms. The van der Waals surface area contributed by atoms with Crippen LogP contribution in [0.1, 0.15) is 12.8 Å². The molecule has 2 heterocycles. The van der Waals surface area contributed by atoms with Crippen LogP contribution in [0, 0.1) is 0 Å². The molecule has 5 nitrogen and oxygen atoms in total. The molecule has 1 fully saturated rings. The molecule has 1 aromatic rings. The summed E-state index contributed by atoms with van der Waals surface area (Å²) in [4.78, 5) is 7.89. The molecule has 0 spiro atoms. The molecule has 0 aromatic carbocycles. The first kappa shape index (κ1) is 10.4. The average molecular weight is 226 g/mol. The number of aromatic nitrogens is 2. The molecule has 0 radical (unpaired) electrons. The topological polar surface area (TPSA) is 80.9 Å². The average Bonchev–Trinajstić information content (AvgIpc) is 2.25. The first-order valence-electron chi connectivity index (χ1n) is 4.92. The molecule has 0 unspecified atom stereocenters. The van der Waals surface area contributed by atoms with Crippen molar-refractivity contribution in [2.45, 2.75) is 18.9 Å². The number of hydrogen-bond donors (Lipinski definition) is 2. The van der Waals surface area contributed by atoms with Gasteiger partial charge in [-0.25, -0.2) is 9.97 Å². The van der Waals surface area contributed by atoms with Crippen LogP contribution in [0.2, 0.25) is 0 Å². The van der Waals surface area contributed by atoms with Crippen LogP contribution in [-0.2, 0) is 10.8 Å². The van der Waals surface area contributed by atoms with Crippen molar-refractivity contribution >= 4 is 22.3 Å². The second-order valence-electron chi connectivity index (χ2n) is 3.59. The number of anilines is 2. The summed E-state index contributed by atoms with van der Waals surface area (Å²) in [5.41, 5.74) is 6.28. The summed E-state index contributed by atoms with van der Waals surface area (Å²) in [7, 11) is -0.628. The van der Waals surface area contributed by atoms with Crippen LogP contribution in [0.25, 0.3) is 0 Å². The van der Waals surface area contributed by atoms with Crippen molar-refractivity contribution in [3.05, 3.63) is 12.5 Å². The Morgan fingerprint density at radius 2 is 2.20 bits per heavy atom. The van der Waals surface area contributed by atoms with E-state index in [4.69, 9.17) is 5.73 Å². The highest BCUT2D eigenvalue weighted by atomic mass is 32.2. The molecule has 1 aromatic heterocycles. The molecule has 1 saturated heterocycles. The Balaban J connectivity index is 1.97. The summed E-state index contributed by atoms with van der Waals surface area (Å²) in [6, 6.07) is 0.333. The van der Waals surface area contributed by atoms with Gasteiger partial charge in [0.1, 0.15) is 6.33 Å². The van der Waals surface area contributed by atoms with Crippen molar-refractivity contribution in [2.75, 3.05) is 22.6 Å². The molecule has 82 valence electrons. The van der Waals surface area contributed by atoms with Gasteiger partial charge in [0.15, 0.2) is 5.82 Å². The molecule has 0 aliphatic carbocycles. The van der Waals surface area contributed by atoms with E-state index in [1.165, 1.54) is 6.33 Å². The molecule has 15 heavy (non-hydrogen) atoms. The maximum Gasteiger partial charge on any atom is 0.152 e. The zero-order chi connectivity index (χ0) is 10.7. The van der Waals surface area contributed by atoms with E-state index in [-0.39, 0.29) is 0 Å². The Kier molecular flexibility index (Phi) is 3.15. The highest BCUT2D eigenvalue weighted by Crippen LogP contribution is 2.18. The summed E-state index contributed by atoms with van der Waals surface area (Å²) in [6.45, 7) is 0. The largest absolute Gasteiger partial charge is 0.394 e. The van der Waals surface area contributed by atoms with E-state index in [2.05, 4.69) is 15.3 Å². The van der Waals surface area contributed by atoms with Crippen LogP contribution >= 0.6 is 0 Å². The normalized spacial score (nSPS) is 26.1.